The molecule has 0 fully saturated rings. The van der Waals surface area contributed by atoms with Crippen LogP contribution < -0.4 is 14.8 Å². The maximum absolute atomic E-state index is 13.9. The minimum atomic E-state index is -4.83. The number of rotatable bonds is 7. The highest BCUT2D eigenvalue weighted by molar-refractivity contribution is 7.89. The van der Waals surface area contributed by atoms with Crippen molar-refractivity contribution in [3.8, 4) is 11.5 Å². The van der Waals surface area contributed by atoms with Gasteiger partial charge in [-0.15, -0.1) is 0 Å². The molecule has 3 aromatic carbocycles. The Kier molecular flexibility index (Phi) is 7.89. The zero-order valence-electron chi connectivity index (χ0n) is 21.4. The molecule has 0 saturated heterocycles. The fraction of sp³-hybridized carbons (Fsp3) is 0.296. The molecule has 1 amide bonds. The second kappa shape index (κ2) is 10.9. The van der Waals surface area contributed by atoms with E-state index in [0.717, 1.165) is 17.2 Å². The van der Waals surface area contributed by atoms with Crippen LogP contribution in [-0.2, 0) is 40.4 Å². The fourth-order valence-electron chi connectivity index (χ4n) is 4.52. The summed E-state index contributed by atoms with van der Waals surface area (Å²) < 4.78 is 90.9. The van der Waals surface area contributed by atoms with Crippen LogP contribution in [0.3, 0.4) is 0 Å². The zero-order valence-corrected chi connectivity index (χ0v) is 22.2. The van der Waals surface area contributed by atoms with Gasteiger partial charge in [0.05, 0.1) is 31.1 Å². The molecule has 0 atom stereocenters. The summed E-state index contributed by atoms with van der Waals surface area (Å²) in [5, 5.41) is 2.78. The molecule has 208 valence electrons. The van der Waals surface area contributed by atoms with Gasteiger partial charge >= 0.3 is 6.18 Å². The highest BCUT2D eigenvalue weighted by atomic mass is 32.2. The molecular weight excluding hydrogens is 540 g/mol. The number of hydrogen-bond donors (Lipinski definition) is 1. The largest absolute Gasteiger partial charge is 0.493 e. The minimum absolute atomic E-state index is 0.0491. The Labute approximate surface area is 223 Å². The number of carbonyl (C=O) groups excluding carboxylic acids is 1. The normalized spacial score (nSPS) is 14.0. The summed E-state index contributed by atoms with van der Waals surface area (Å²) in [6, 6.07) is 10.3. The monoisotopic (exact) mass is 566 g/mol. The van der Waals surface area contributed by atoms with Gasteiger partial charge in [0.25, 0.3) is 0 Å². The molecule has 1 N–H and O–H groups in total. The van der Waals surface area contributed by atoms with E-state index >= 15 is 0 Å². The molecule has 0 unspecified atom stereocenters. The highest BCUT2D eigenvalue weighted by Crippen LogP contribution is 2.35. The van der Waals surface area contributed by atoms with E-state index in [-0.39, 0.29) is 35.7 Å². The number of aryl methyl sites for hydroxylation is 1. The van der Waals surface area contributed by atoms with E-state index in [1.54, 1.807) is 19.1 Å². The lowest BCUT2D eigenvalue weighted by Crippen LogP contribution is -2.36. The average Bonchev–Trinajstić information content (AvgIpc) is 2.88. The Hall–Kier alpha value is -3.64. The molecule has 7 nitrogen and oxygen atoms in total. The van der Waals surface area contributed by atoms with Crippen molar-refractivity contribution >= 4 is 21.6 Å². The predicted octanol–water partition coefficient (Wildman–Crippen LogP) is 5.10. The van der Waals surface area contributed by atoms with Crippen molar-refractivity contribution in [1.82, 2.24) is 4.31 Å². The van der Waals surface area contributed by atoms with E-state index in [1.807, 2.05) is 0 Å². The predicted molar refractivity (Wildman–Crippen MR) is 136 cm³/mol. The Morgan fingerprint density at radius 2 is 1.74 bits per heavy atom. The van der Waals surface area contributed by atoms with Gasteiger partial charge in [-0.25, -0.2) is 12.8 Å². The molecule has 4 rings (SSSR count). The number of ether oxygens (including phenoxy) is 2. The number of benzene rings is 3. The van der Waals surface area contributed by atoms with Gasteiger partial charge in [0, 0.05) is 24.8 Å². The van der Waals surface area contributed by atoms with E-state index in [4.69, 9.17) is 9.47 Å². The molecular formula is C27H26F4N2O5S. The number of methoxy groups -OCH3 is 2. The van der Waals surface area contributed by atoms with Gasteiger partial charge in [-0.2, -0.15) is 17.5 Å². The van der Waals surface area contributed by atoms with Crippen molar-refractivity contribution in [2.75, 3.05) is 26.1 Å². The lowest BCUT2D eigenvalue weighted by molar-refractivity contribution is -0.140. The Morgan fingerprint density at radius 3 is 2.38 bits per heavy atom. The third-order valence-corrected chi connectivity index (χ3v) is 8.38. The maximum Gasteiger partial charge on any atom is 0.419 e. The first-order chi connectivity index (χ1) is 18.3. The van der Waals surface area contributed by atoms with Gasteiger partial charge in [0.15, 0.2) is 11.5 Å². The first-order valence-electron chi connectivity index (χ1n) is 11.8. The van der Waals surface area contributed by atoms with Gasteiger partial charge in [-0.05, 0) is 59.9 Å². The van der Waals surface area contributed by atoms with Crippen LogP contribution in [-0.4, -0.2) is 39.4 Å². The molecule has 1 aliphatic rings. The second-order valence-corrected chi connectivity index (χ2v) is 11.0. The third kappa shape index (κ3) is 5.86. The first kappa shape index (κ1) is 28.4. The van der Waals surface area contributed by atoms with Gasteiger partial charge < -0.3 is 14.8 Å². The number of nitrogens with one attached hydrogen (secondary N) is 1. The van der Waals surface area contributed by atoms with Crippen LogP contribution in [0.4, 0.5) is 23.2 Å². The summed E-state index contributed by atoms with van der Waals surface area (Å²) in [5.41, 5.74) is 1.40. The summed E-state index contributed by atoms with van der Waals surface area (Å²) in [7, 11) is -1.01. The summed E-state index contributed by atoms with van der Waals surface area (Å²) in [4.78, 5) is 12.8. The van der Waals surface area contributed by atoms with Gasteiger partial charge in [0.2, 0.25) is 15.9 Å². The number of alkyl halides is 3. The number of halogens is 4. The quantitative estimate of drug-likeness (QED) is 0.403. The Bertz CT molecular complexity index is 1520. The number of fused-ring (bicyclic) bond motifs is 1. The summed E-state index contributed by atoms with van der Waals surface area (Å²) in [6.45, 7) is 2.00. The van der Waals surface area contributed by atoms with Crippen molar-refractivity contribution in [1.29, 1.82) is 0 Å². The molecule has 1 heterocycles. The first-order valence-corrected chi connectivity index (χ1v) is 13.3. The lowest BCUT2D eigenvalue weighted by atomic mass is 9.95. The molecule has 0 radical (unpaired) electrons. The van der Waals surface area contributed by atoms with E-state index in [9.17, 15) is 30.8 Å². The smallest absolute Gasteiger partial charge is 0.419 e. The standard InChI is InChI=1S/C27H26F4N2O5S/c1-16-4-6-18-15-33(39(35,36)19-7-9-23(37-2)24(14-19)38-3)11-10-20(18)26(16)32-25(34)13-17-5-8-21(22(28)12-17)27(29,30)31/h4-9,12,14H,10-11,13,15H2,1-3H3,(H,32,34). The number of carbonyl (C=O) groups is 1. The lowest BCUT2D eigenvalue weighted by Gasteiger charge is -2.30. The molecule has 0 aliphatic carbocycles. The molecule has 1 aliphatic heterocycles. The van der Waals surface area contributed by atoms with E-state index < -0.39 is 33.5 Å². The number of sulfonamides is 1. The van der Waals surface area contributed by atoms with Crippen LogP contribution in [0.25, 0.3) is 0 Å². The molecule has 39 heavy (non-hydrogen) atoms. The number of nitrogens with zero attached hydrogens (tertiary/aromatic N) is 1. The second-order valence-electron chi connectivity index (χ2n) is 9.04. The highest BCUT2D eigenvalue weighted by Gasteiger charge is 2.34. The van der Waals surface area contributed by atoms with Crippen molar-refractivity contribution in [2.24, 2.45) is 0 Å². The number of amides is 1. The topological polar surface area (TPSA) is 84.9 Å². The molecule has 3 aromatic rings. The summed E-state index contributed by atoms with van der Waals surface area (Å²) >= 11 is 0. The van der Waals surface area contributed by atoms with E-state index in [1.165, 1.54) is 36.7 Å². The summed E-state index contributed by atoms with van der Waals surface area (Å²) in [5.74, 6) is -1.30. The van der Waals surface area contributed by atoms with Crippen LogP contribution in [0.2, 0.25) is 0 Å². The van der Waals surface area contributed by atoms with Crippen LogP contribution in [0.15, 0.2) is 53.4 Å². The molecule has 12 heteroatoms. The van der Waals surface area contributed by atoms with E-state index in [0.29, 0.717) is 35.6 Å². The molecule has 0 aromatic heterocycles. The van der Waals surface area contributed by atoms with Crippen molar-refractivity contribution in [3.05, 3.63) is 82.2 Å². The van der Waals surface area contributed by atoms with Gasteiger partial charge in [0.1, 0.15) is 5.82 Å². The van der Waals surface area contributed by atoms with Crippen molar-refractivity contribution in [3.63, 3.8) is 0 Å². The third-order valence-electron chi connectivity index (χ3n) is 6.54. The number of anilines is 1. The SMILES string of the molecule is COc1ccc(S(=O)(=O)N2CCc3c(ccc(C)c3NC(=O)Cc3ccc(C(F)(F)F)c(F)c3)C2)cc1OC. The Morgan fingerprint density at radius 1 is 1.03 bits per heavy atom. The van der Waals surface area contributed by atoms with Crippen LogP contribution in [0.5, 0.6) is 11.5 Å². The maximum atomic E-state index is 13.9. The zero-order chi connectivity index (χ0) is 28.5. The summed E-state index contributed by atoms with van der Waals surface area (Å²) in [6.07, 6.45) is -4.85. The van der Waals surface area contributed by atoms with Crippen LogP contribution >= 0.6 is 0 Å². The number of hydrogen-bond acceptors (Lipinski definition) is 5. The fourth-order valence-corrected chi connectivity index (χ4v) is 5.95. The molecule has 0 spiro atoms. The van der Waals surface area contributed by atoms with Crippen LogP contribution in [0.1, 0.15) is 27.8 Å². The molecule has 0 saturated carbocycles. The van der Waals surface area contributed by atoms with Crippen LogP contribution in [0, 0.1) is 12.7 Å². The minimum Gasteiger partial charge on any atom is -0.493 e. The Balaban J connectivity index is 1.53. The van der Waals surface area contributed by atoms with Crippen molar-refractivity contribution < 1.29 is 40.2 Å². The molecule has 0 bridgehead atoms. The van der Waals surface area contributed by atoms with Gasteiger partial charge in [-0.1, -0.05) is 18.2 Å². The average molecular weight is 567 g/mol. The van der Waals surface area contributed by atoms with Gasteiger partial charge in [-0.3, -0.25) is 4.79 Å². The van der Waals surface area contributed by atoms with Crippen molar-refractivity contribution in [2.45, 2.75) is 37.4 Å². The van der Waals surface area contributed by atoms with E-state index in [2.05, 4.69) is 5.32 Å².